The molecule has 0 aliphatic rings. The van der Waals surface area contributed by atoms with E-state index in [0.717, 1.165) is 12.1 Å². The fourth-order valence-electron chi connectivity index (χ4n) is 1.71. The summed E-state index contributed by atoms with van der Waals surface area (Å²) in [5, 5.41) is 0. The number of benzene rings is 1. The van der Waals surface area contributed by atoms with Gasteiger partial charge in [-0.15, -0.1) is 13.2 Å². The molecule has 1 aromatic rings. The topological polar surface area (TPSA) is 61.5 Å². The third-order valence-corrected chi connectivity index (χ3v) is 2.56. The molecule has 0 spiro atoms. The van der Waals surface area contributed by atoms with Crippen molar-refractivity contribution < 1.29 is 27.4 Å². The number of ether oxygens (including phenoxy) is 2. The second-order valence-corrected chi connectivity index (χ2v) is 3.82. The van der Waals surface area contributed by atoms with E-state index in [9.17, 15) is 18.0 Å². The minimum Gasteiger partial charge on any atom is -0.469 e. The van der Waals surface area contributed by atoms with Crippen LogP contribution in [-0.2, 0) is 9.53 Å². The van der Waals surface area contributed by atoms with Gasteiger partial charge >= 0.3 is 12.3 Å². The van der Waals surface area contributed by atoms with Gasteiger partial charge in [-0.05, 0) is 30.2 Å². The number of carbonyl (C=O) groups excluding carboxylic acids is 1. The molecule has 0 aliphatic heterocycles. The molecule has 1 aromatic carbocycles. The van der Waals surface area contributed by atoms with Crippen LogP contribution in [0.25, 0.3) is 0 Å². The summed E-state index contributed by atoms with van der Waals surface area (Å²) in [4.78, 5) is 11.6. The SMILES string of the molecule is CCC(C(=O)OC)c1cc(OC(F)(F)F)ccc1N. The first-order valence-electron chi connectivity index (χ1n) is 5.51. The van der Waals surface area contributed by atoms with E-state index >= 15 is 0 Å². The minimum atomic E-state index is -4.79. The van der Waals surface area contributed by atoms with Gasteiger partial charge in [-0.2, -0.15) is 0 Å². The Balaban J connectivity index is 3.12. The van der Waals surface area contributed by atoms with Gasteiger partial charge < -0.3 is 15.2 Å². The van der Waals surface area contributed by atoms with Crippen molar-refractivity contribution in [3.05, 3.63) is 23.8 Å². The van der Waals surface area contributed by atoms with Crippen LogP contribution < -0.4 is 10.5 Å². The Labute approximate surface area is 108 Å². The number of nitrogen functional groups attached to an aromatic ring is 1. The van der Waals surface area contributed by atoms with Crippen molar-refractivity contribution in [1.29, 1.82) is 0 Å². The summed E-state index contributed by atoms with van der Waals surface area (Å²) < 4.78 is 44.8. The highest BCUT2D eigenvalue weighted by Gasteiger charge is 2.32. The van der Waals surface area contributed by atoms with Gasteiger partial charge in [-0.25, -0.2) is 0 Å². The van der Waals surface area contributed by atoms with E-state index in [0.29, 0.717) is 6.42 Å². The van der Waals surface area contributed by atoms with E-state index in [1.165, 1.54) is 13.2 Å². The van der Waals surface area contributed by atoms with Crippen LogP contribution in [0.5, 0.6) is 5.75 Å². The molecular formula is C12H14F3NO3. The number of esters is 1. The molecule has 0 heterocycles. The van der Waals surface area contributed by atoms with Crippen molar-refractivity contribution in [2.24, 2.45) is 0 Å². The average molecular weight is 277 g/mol. The molecule has 0 amide bonds. The number of nitrogens with two attached hydrogens (primary N) is 1. The molecule has 7 heteroatoms. The predicted octanol–water partition coefficient (Wildman–Crippen LogP) is 2.83. The lowest BCUT2D eigenvalue weighted by Crippen LogP contribution is -2.18. The van der Waals surface area contributed by atoms with Gasteiger partial charge in [0.25, 0.3) is 0 Å². The highest BCUT2D eigenvalue weighted by Crippen LogP contribution is 2.32. The molecule has 19 heavy (non-hydrogen) atoms. The monoisotopic (exact) mass is 277 g/mol. The highest BCUT2D eigenvalue weighted by molar-refractivity contribution is 5.80. The third-order valence-electron chi connectivity index (χ3n) is 2.56. The van der Waals surface area contributed by atoms with Gasteiger partial charge in [0, 0.05) is 5.69 Å². The number of hydrogen-bond acceptors (Lipinski definition) is 4. The van der Waals surface area contributed by atoms with E-state index < -0.39 is 24.0 Å². The maximum atomic E-state index is 12.1. The summed E-state index contributed by atoms with van der Waals surface area (Å²) in [6.07, 6.45) is -4.44. The summed E-state index contributed by atoms with van der Waals surface area (Å²) in [6.45, 7) is 1.71. The molecule has 1 atom stereocenters. The number of alkyl halides is 3. The molecule has 0 aliphatic carbocycles. The number of halogens is 3. The molecule has 0 radical (unpaired) electrons. The number of rotatable bonds is 4. The Hall–Kier alpha value is -1.92. The molecule has 2 N–H and O–H groups in total. The zero-order valence-corrected chi connectivity index (χ0v) is 10.5. The molecule has 0 fully saturated rings. The summed E-state index contributed by atoms with van der Waals surface area (Å²) in [7, 11) is 1.21. The molecule has 0 saturated heterocycles. The number of carbonyl (C=O) groups is 1. The lowest BCUT2D eigenvalue weighted by atomic mass is 9.95. The van der Waals surface area contributed by atoms with Gasteiger partial charge in [0.05, 0.1) is 13.0 Å². The standard InChI is InChI=1S/C12H14F3NO3/c1-3-8(11(17)18-2)9-6-7(4-5-10(9)16)19-12(13,14)15/h4-6,8H,3,16H2,1-2H3. The summed E-state index contributed by atoms with van der Waals surface area (Å²) >= 11 is 0. The number of methoxy groups -OCH3 is 1. The molecule has 4 nitrogen and oxygen atoms in total. The molecule has 0 bridgehead atoms. The lowest BCUT2D eigenvalue weighted by molar-refractivity contribution is -0.274. The van der Waals surface area contributed by atoms with Crippen molar-refractivity contribution in [2.45, 2.75) is 25.6 Å². The molecule has 0 aromatic heterocycles. The Morgan fingerprint density at radius 2 is 2.05 bits per heavy atom. The lowest BCUT2D eigenvalue weighted by Gasteiger charge is -2.17. The zero-order valence-electron chi connectivity index (χ0n) is 10.5. The number of hydrogen-bond donors (Lipinski definition) is 1. The fourth-order valence-corrected chi connectivity index (χ4v) is 1.71. The molecule has 106 valence electrons. The quantitative estimate of drug-likeness (QED) is 0.679. The first kappa shape index (κ1) is 15.1. The van der Waals surface area contributed by atoms with Crippen molar-refractivity contribution >= 4 is 11.7 Å². The van der Waals surface area contributed by atoms with E-state index in [2.05, 4.69) is 9.47 Å². The maximum Gasteiger partial charge on any atom is 0.573 e. The fraction of sp³-hybridized carbons (Fsp3) is 0.417. The van der Waals surface area contributed by atoms with Crippen LogP contribution >= 0.6 is 0 Å². The molecule has 1 rings (SSSR count). The van der Waals surface area contributed by atoms with Gasteiger partial charge in [-0.3, -0.25) is 4.79 Å². The first-order valence-corrected chi connectivity index (χ1v) is 5.51. The van der Waals surface area contributed by atoms with Crippen LogP contribution in [-0.4, -0.2) is 19.4 Å². The molecule has 1 unspecified atom stereocenters. The Morgan fingerprint density at radius 1 is 1.42 bits per heavy atom. The third kappa shape index (κ3) is 4.04. The first-order chi connectivity index (χ1) is 8.78. The van der Waals surface area contributed by atoms with E-state index in [4.69, 9.17) is 5.73 Å². The second kappa shape index (κ2) is 5.81. The van der Waals surface area contributed by atoms with Crippen molar-refractivity contribution in [3.63, 3.8) is 0 Å². The Morgan fingerprint density at radius 3 is 2.53 bits per heavy atom. The van der Waals surface area contributed by atoms with E-state index in [-0.39, 0.29) is 11.3 Å². The van der Waals surface area contributed by atoms with Crippen LogP contribution in [0.4, 0.5) is 18.9 Å². The Kier molecular flexibility index (Phi) is 4.63. The van der Waals surface area contributed by atoms with Crippen LogP contribution in [0.3, 0.4) is 0 Å². The summed E-state index contributed by atoms with van der Waals surface area (Å²) in [5.74, 6) is -1.70. The second-order valence-electron chi connectivity index (χ2n) is 3.82. The van der Waals surface area contributed by atoms with Crippen molar-refractivity contribution in [3.8, 4) is 5.75 Å². The van der Waals surface area contributed by atoms with Gasteiger partial charge in [0.2, 0.25) is 0 Å². The summed E-state index contributed by atoms with van der Waals surface area (Å²) in [5.41, 5.74) is 6.15. The van der Waals surface area contributed by atoms with Crippen molar-refractivity contribution in [2.75, 3.05) is 12.8 Å². The minimum absolute atomic E-state index is 0.215. The van der Waals surface area contributed by atoms with E-state index in [1.54, 1.807) is 6.92 Å². The van der Waals surface area contributed by atoms with E-state index in [1.807, 2.05) is 0 Å². The van der Waals surface area contributed by atoms with Gasteiger partial charge in [-0.1, -0.05) is 6.92 Å². The average Bonchev–Trinajstić information content (AvgIpc) is 2.31. The highest BCUT2D eigenvalue weighted by atomic mass is 19.4. The predicted molar refractivity (Wildman–Crippen MR) is 62.6 cm³/mol. The molecule has 0 saturated carbocycles. The van der Waals surface area contributed by atoms with Crippen LogP contribution in [0, 0.1) is 0 Å². The summed E-state index contributed by atoms with van der Waals surface area (Å²) in [6, 6.07) is 3.46. The van der Waals surface area contributed by atoms with Crippen molar-refractivity contribution in [1.82, 2.24) is 0 Å². The van der Waals surface area contributed by atoms with Gasteiger partial charge in [0.15, 0.2) is 0 Å². The number of anilines is 1. The Bertz CT molecular complexity index is 460. The zero-order chi connectivity index (χ0) is 14.6. The molecular weight excluding hydrogens is 263 g/mol. The van der Waals surface area contributed by atoms with Crippen LogP contribution in [0.2, 0.25) is 0 Å². The normalized spacial score (nSPS) is 12.9. The smallest absolute Gasteiger partial charge is 0.469 e. The maximum absolute atomic E-state index is 12.1. The van der Waals surface area contributed by atoms with Gasteiger partial charge in [0.1, 0.15) is 5.75 Å². The van der Waals surface area contributed by atoms with Crippen LogP contribution in [0.15, 0.2) is 18.2 Å². The van der Waals surface area contributed by atoms with Crippen LogP contribution in [0.1, 0.15) is 24.8 Å². The largest absolute Gasteiger partial charge is 0.573 e.